The summed E-state index contributed by atoms with van der Waals surface area (Å²) in [6.07, 6.45) is 3.28. The van der Waals surface area contributed by atoms with E-state index >= 15 is 0 Å². The number of anilines is 1. The van der Waals surface area contributed by atoms with E-state index in [1.54, 1.807) is 14.1 Å². The van der Waals surface area contributed by atoms with Crippen LogP contribution in [0.4, 0.5) is 10.5 Å². The number of carbonyl (C=O) groups is 2. The third-order valence-corrected chi connectivity index (χ3v) is 5.28. The predicted octanol–water partition coefficient (Wildman–Crippen LogP) is 5.57. The molecule has 138 valence electrons. The first-order valence-corrected chi connectivity index (χ1v) is 10.1. The lowest BCUT2D eigenvalue weighted by Gasteiger charge is -2.10. The molecule has 0 heterocycles. The smallest absolute Gasteiger partial charge is 0.285 e. The van der Waals surface area contributed by atoms with Crippen LogP contribution in [0, 0.1) is 0 Å². The number of unbranched alkanes of at least 4 members (excludes halogenated alkanes) is 1. The van der Waals surface area contributed by atoms with Crippen LogP contribution in [0.2, 0.25) is 0 Å². The highest BCUT2D eigenvalue weighted by Gasteiger charge is 2.08. The molecule has 0 aliphatic rings. The van der Waals surface area contributed by atoms with E-state index in [2.05, 4.69) is 33.4 Å². The van der Waals surface area contributed by atoms with Crippen LogP contribution in [0.3, 0.4) is 0 Å². The molecule has 0 bridgehead atoms. The molecule has 26 heavy (non-hydrogen) atoms. The van der Waals surface area contributed by atoms with Crippen molar-refractivity contribution in [2.75, 3.05) is 19.4 Å². The number of carbonyl (C=O) groups excluding carboxylic acids is 2. The van der Waals surface area contributed by atoms with E-state index < -0.39 is 0 Å². The Labute approximate surface area is 167 Å². The van der Waals surface area contributed by atoms with E-state index in [1.807, 2.05) is 36.4 Å². The number of hydrogen-bond donors (Lipinski definition) is 1. The normalized spacial score (nSPS) is 10.4. The van der Waals surface area contributed by atoms with Crippen molar-refractivity contribution in [1.82, 2.24) is 4.90 Å². The van der Waals surface area contributed by atoms with Gasteiger partial charge < -0.3 is 10.2 Å². The highest BCUT2D eigenvalue weighted by Crippen LogP contribution is 2.23. The van der Waals surface area contributed by atoms with Crippen LogP contribution < -0.4 is 5.32 Å². The van der Waals surface area contributed by atoms with Gasteiger partial charge in [-0.2, -0.15) is 0 Å². The molecule has 0 unspecified atom stereocenters. The third kappa shape index (κ3) is 7.22. The van der Waals surface area contributed by atoms with E-state index in [9.17, 15) is 9.59 Å². The summed E-state index contributed by atoms with van der Waals surface area (Å²) >= 11 is 4.57. The van der Waals surface area contributed by atoms with Crippen LogP contribution in [0.15, 0.2) is 57.9 Å². The molecule has 0 spiro atoms. The Hall–Kier alpha value is -1.79. The highest BCUT2D eigenvalue weighted by atomic mass is 79.9. The Morgan fingerprint density at radius 3 is 2.50 bits per heavy atom. The van der Waals surface area contributed by atoms with Crippen molar-refractivity contribution in [3.05, 3.63) is 58.6 Å². The largest absolute Gasteiger partial charge is 0.339 e. The number of thioether (sulfide) groups is 1. The molecule has 2 aromatic rings. The maximum Gasteiger partial charge on any atom is 0.285 e. The highest BCUT2D eigenvalue weighted by molar-refractivity contribution is 9.10. The molecule has 0 atom stereocenters. The number of hydrogen-bond acceptors (Lipinski definition) is 3. The van der Waals surface area contributed by atoms with E-state index in [4.69, 9.17) is 0 Å². The topological polar surface area (TPSA) is 49.4 Å². The van der Waals surface area contributed by atoms with Crippen molar-refractivity contribution >= 4 is 44.5 Å². The van der Waals surface area contributed by atoms with Gasteiger partial charge >= 0.3 is 0 Å². The second-order valence-corrected chi connectivity index (χ2v) is 8.11. The molecule has 4 nitrogen and oxygen atoms in total. The lowest BCUT2D eigenvalue weighted by Crippen LogP contribution is -2.16. The molecule has 0 aliphatic carbocycles. The Balaban J connectivity index is 1.75. The minimum absolute atomic E-state index is 0.00175. The maximum atomic E-state index is 12.1. The molecule has 0 radical (unpaired) electrons. The van der Waals surface area contributed by atoms with Gasteiger partial charge in [-0.25, -0.2) is 0 Å². The van der Waals surface area contributed by atoms with Gasteiger partial charge in [-0.15, -0.1) is 0 Å². The van der Waals surface area contributed by atoms with Crippen molar-refractivity contribution in [2.24, 2.45) is 0 Å². The average molecular weight is 435 g/mol. The molecule has 0 saturated heterocycles. The number of benzene rings is 2. The molecule has 0 aliphatic heterocycles. The van der Waals surface area contributed by atoms with Crippen molar-refractivity contribution in [3.8, 4) is 0 Å². The van der Waals surface area contributed by atoms with Crippen LogP contribution in [0.25, 0.3) is 0 Å². The first-order valence-electron chi connectivity index (χ1n) is 8.47. The van der Waals surface area contributed by atoms with Crippen molar-refractivity contribution in [1.29, 1.82) is 0 Å². The standard InChI is InChI=1S/C20H23BrN2O2S/c1-23(2)20(25)26-18-8-5-7-17(14-18)22-19(24)9-4-3-6-15-10-12-16(21)13-11-15/h5,7-8,10-14H,3-4,6,9H2,1-2H3,(H,22,24). The molecule has 1 N–H and O–H groups in total. The molecule has 6 heteroatoms. The molecule has 2 amide bonds. The fourth-order valence-electron chi connectivity index (χ4n) is 2.32. The Morgan fingerprint density at radius 1 is 1.08 bits per heavy atom. The van der Waals surface area contributed by atoms with E-state index in [0.717, 1.165) is 46.1 Å². The van der Waals surface area contributed by atoms with Crippen LogP contribution in [0.5, 0.6) is 0 Å². The van der Waals surface area contributed by atoms with Gasteiger partial charge in [0, 0.05) is 35.6 Å². The summed E-state index contributed by atoms with van der Waals surface area (Å²) < 4.78 is 1.08. The number of nitrogens with zero attached hydrogens (tertiary/aromatic N) is 1. The van der Waals surface area contributed by atoms with Crippen LogP contribution in [-0.2, 0) is 11.2 Å². The second-order valence-electron chi connectivity index (χ2n) is 6.17. The second kappa shape index (κ2) is 10.4. The number of rotatable bonds is 7. The number of aryl methyl sites for hydroxylation is 1. The van der Waals surface area contributed by atoms with Gasteiger partial charge in [0.1, 0.15) is 0 Å². The fourth-order valence-corrected chi connectivity index (χ4v) is 3.30. The number of nitrogens with one attached hydrogen (secondary N) is 1. The summed E-state index contributed by atoms with van der Waals surface area (Å²) in [6.45, 7) is 0. The van der Waals surface area contributed by atoms with E-state index in [-0.39, 0.29) is 11.1 Å². The van der Waals surface area contributed by atoms with E-state index in [1.165, 1.54) is 10.5 Å². The van der Waals surface area contributed by atoms with Gasteiger partial charge in [-0.05, 0) is 66.9 Å². The maximum absolute atomic E-state index is 12.1. The van der Waals surface area contributed by atoms with Gasteiger partial charge in [-0.1, -0.05) is 34.1 Å². The minimum Gasteiger partial charge on any atom is -0.339 e. The van der Waals surface area contributed by atoms with Gasteiger partial charge in [0.2, 0.25) is 5.91 Å². The summed E-state index contributed by atoms with van der Waals surface area (Å²) in [4.78, 5) is 26.2. The molecule has 0 aromatic heterocycles. The van der Waals surface area contributed by atoms with Crippen molar-refractivity contribution in [3.63, 3.8) is 0 Å². The quantitative estimate of drug-likeness (QED) is 0.457. The lowest BCUT2D eigenvalue weighted by molar-refractivity contribution is -0.116. The van der Waals surface area contributed by atoms with E-state index in [0.29, 0.717) is 6.42 Å². The monoisotopic (exact) mass is 434 g/mol. The summed E-state index contributed by atoms with van der Waals surface area (Å²) in [5, 5.41) is 2.87. The minimum atomic E-state index is -0.0404. The SMILES string of the molecule is CN(C)C(=O)Sc1cccc(NC(=O)CCCCc2ccc(Br)cc2)c1. The van der Waals surface area contributed by atoms with Crippen LogP contribution in [-0.4, -0.2) is 30.1 Å². The van der Waals surface area contributed by atoms with Gasteiger partial charge in [0.15, 0.2) is 0 Å². The zero-order chi connectivity index (χ0) is 18.9. The molecular formula is C20H23BrN2O2S. The molecule has 2 rings (SSSR count). The van der Waals surface area contributed by atoms with Crippen LogP contribution >= 0.6 is 27.7 Å². The Bertz CT molecular complexity index is 748. The Kier molecular flexibility index (Phi) is 8.19. The van der Waals surface area contributed by atoms with Crippen LogP contribution in [0.1, 0.15) is 24.8 Å². The number of halogens is 1. The zero-order valence-corrected chi connectivity index (χ0v) is 17.4. The zero-order valence-electron chi connectivity index (χ0n) is 15.0. The summed E-state index contributed by atoms with van der Waals surface area (Å²) in [7, 11) is 3.43. The summed E-state index contributed by atoms with van der Waals surface area (Å²) in [5.74, 6) is 0.00175. The lowest BCUT2D eigenvalue weighted by atomic mass is 10.1. The van der Waals surface area contributed by atoms with Crippen molar-refractivity contribution < 1.29 is 9.59 Å². The van der Waals surface area contributed by atoms with Gasteiger partial charge in [0.05, 0.1) is 0 Å². The fraction of sp³-hybridized carbons (Fsp3) is 0.300. The van der Waals surface area contributed by atoms with Gasteiger partial charge in [-0.3, -0.25) is 9.59 Å². The Morgan fingerprint density at radius 2 is 1.81 bits per heavy atom. The third-order valence-electron chi connectivity index (χ3n) is 3.72. The predicted molar refractivity (Wildman–Crippen MR) is 112 cm³/mol. The van der Waals surface area contributed by atoms with Crippen molar-refractivity contribution in [2.45, 2.75) is 30.6 Å². The average Bonchev–Trinajstić information content (AvgIpc) is 2.60. The molecule has 2 aromatic carbocycles. The molecular weight excluding hydrogens is 412 g/mol. The number of amides is 2. The summed E-state index contributed by atoms with van der Waals surface area (Å²) in [6, 6.07) is 15.6. The first kappa shape index (κ1) is 20.5. The molecule has 0 saturated carbocycles. The molecule has 0 fully saturated rings. The first-order chi connectivity index (χ1) is 12.4. The van der Waals surface area contributed by atoms with Gasteiger partial charge in [0.25, 0.3) is 5.24 Å². The summed E-state index contributed by atoms with van der Waals surface area (Å²) in [5.41, 5.74) is 2.00.